The van der Waals surface area contributed by atoms with Crippen molar-refractivity contribution in [3.05, 3.63) is 47.5 Å². The van der Waals surface area contributed by atoms with E-state index in [1.54, 1.807) is 38.1 Å². The van der Waals surface area contributed by atoms with Crippen molar-refractivity contribution in [3.63, 3.8) is 0 Å². The molecule has 0 fully saturated rings. The first kappa shape index (κ1) is 19.6. The Balaban J connectivity index is 1.77. The highest BCUT2D eigenvalue weighted by molar-refractivity contribution is 7.92. The second-order valence-electron chi connectivity index (χ2n) is 6.62. The maximum atomic E-state index is 12.6. The van der Waals surface area contributed by atoms with Crippen LogP contribution in [0.4, 0.5) is 23.0 Å². The number of nitrogens with zero attached hydrogens (tertiary/aromatic N) is 4. The number of aromatic amines is 1. The molecule has 3 N–H and O–H groups in total. The van der Waals surface area contributed by atoms with Gasteiger partial charge in [-0.25, -0.2) is 18.4 Å². The standard InChI is InChI=1S/C18H23N7O2S/c1-11-18(12(2)23-22-11)28(26,27)24-15-8-6-14(7-9-15)21-16-10-17(25(4)5)20-13(3)19-16/h6-10,24H,1-5H3,(H,22,23)(H,19,20,21). The lowest BCUT2D eigenvalue weighted by molar-refractivity contribution is 0.600. The SMILES string of the molecule is Cc1nc(Nc2ccc(NS(=O)(=O)c3c(C)n[nH]c3C)cc2)cc(N(C)C)n1. The van der Waals surface area contributed by atoms with Crippen LogP contribution in [0.2, 0.25) is 0 Å². The summed E-state index contributed by atoms with van der Waals surface area (Å²) >= 11 is 0. The summed E-state index contributed by atoms with van der Waals surface area (Å²) in [6, 6.07) is 8.77. The molecule has 28 heavy (non-hydrogen) atoms. The molecule has 0 saturated carbocycles. The first-order chi connectivity index (χ1) is 13.2. The van der Waals surface area contributed by atoms with Gasteiger partial charge in [0.15, 0.2) is 0 Å². The number of benzene rings is 1. The lowest BCUT2D eigenvalue weighted by Crippen LogP contribution is -2.14. The van der Waals surface area contributed by atoms with Crippen LogP contribution in [0, 0.1) is 20.8 Å². The fourth-order valence-electron chi connectivity index (χ4n) is 2.76. The molecule has 0 radical (unpaired) electrons. The van der Waals surface area contributed by atoms with Crippen molar-refractivity contribution >= 4 is 33.0 Å². The lowest BCUT2D eigenvalue weighted by Gasteiger charge is -2.14. The van der Waals surface area contributed by atoms with E-state index in [1.165, 1.54) is 0 Å². The van der Waals surface area contributed by atoms with E-state index in [0.29, 0.717) is 28.7 Å². The van der Waals surface area contributed by atoms with Crippen LogP contribution < -0.4 is 14.9 Å². The molecule has 10 heteroatoms. The van der Waals surface area contributed by atoms with E-state index in [0.717, 1.165) is 11.5 Å². The zero-order valence-corrected chi connectivity index (χ0v) is 17.2. The summed E-state index contributed by atoms with van der Waals surface area (Å²) in [5.41, 5.74) is 2.16. The number of hydrogen-bond donors (Lipinski definition) is 3. The van der Waals surface area contributed by atoms with Crippen molar-refractivity contribution in [3.8, 4) is 0 Å². The minimum atomic E-state index is -3.71. The highest BCUT2D eigenvalue weighted by atomic mass is 32.2. The van der Waals surface area contributed by atoms with E-state index >= 15 is 0 Å². The third-order valence-electron chi connectivity index (χ3n) is 4.02. The van der Waals surface area contributed by atoms with Crippen LogP contribution in [0.3, 0.4) is 0 Å². The number of sulfonamides is 1. The molecule has 2 aromatic heterocycles. The summed E-state index contributed by atoms with van der Waals surface area (Å²) in [4.78, 5) is 10.8. The molecule has 0 aliphatic carbocycles. The smallest absolute Gasteiger partial charge is 0.265 e. The predicted molar refractivity (Wildman–Crippen MR) is 110 cm³/mol. The Hall–Kier alpha value is -3.14. The lowest BCUT2D eigenvalue weighted by atomic mass is 10.3. The fourth-order valence-corrected chi connectivity index (χ4v) is 4.19. The maximum absolute atomic E-state index is 12.6. The molecule has 3 aromatic rings. The summed E-state index contributed by atoms with van der Waals surface area (Å²) in [7, 11) is 0.111. The zero-order chi connectivity index (χ0) is 20.5. The van der Waals surface area contributed by atoms with Gasteiger partial charge in [0, 0.05) is 31.5 Å². The molecule has 0 saturated heterocycles. The molecule has 1 aromatic carbocycles. The van der Waals surface area contributed by atoms with Gasteiger partial charge in [0.1, 0.15) is 22.4 Å². The number of nitrogens with one attached hydrogen (secondary N) is 3. The molecule has 3 rings (SSSR count). The topological polar surface area (TPSA) is 116 Å². The van der Waals surface area contributed by atoms with E-state index in [-0.39, 0.29) is 4.90 Å². The number of rotatable bonds is 6. The molecule has 0 aliphatic rings. The predicted octanol–water partition coefficient (Wildman–Crippen LogP) is 2.74. The minimum absolute atomic E-state index is 0.169. The van der Waals surface area contributed by atoms with Gasteiger partial charge in [0.2, 0.25) is 0 Å². The molecule has 2 heterocycles. The average molecular weight is 401 g/mol. The van der Waals surface area contributed by atoms with Gasteiger partial charge in [0.25, 0.3) is 10.0 Å². The van der Waals surface area contributed by atoms with E-state index in [1.807, 2.05) is 32.0 Å². The molecule has 0 bridgehead atoms. The monoisotopic (exact) mass is 401 g/mol. The van der Waals surface area contributed by atoms with Crippen LogP contribution in [-0.2, 0) is 10.0 Å². The van der Waals surface area contributed by atoms with Crippen molar-refractivity contribution < 1.29 is 8.42 Å². The van der Waals surface area contributed by atoms with E-state index in [9.17, 15) is 8.42 Å². The molecular formula is C18H23N7O2S. The van der Waals surface area contributed by atoms with Gasteiger partial charge in [-0.05, 0) is 45.0 Å². The number of H-pyrrole nitrogens is 1. The quantitative estimate of drug-likeness (QED) is 0.581. The third kappa shape index (κ3) is 4.22. The second-order valence-corrected chi connectivity index (χ2v) is 8.24. The normalized spacial score (nSPS) is 11.3. The van der Waals surface area contributed by atoms with Gasteiger partial charge in [-0.15, -0.1) is 0 Å². The Morgan fingerprint density at radius 1 is 1.00 bits per heavy atom. The fraction of sp³-hybridized carbons (Fsp3) is 0.278. The highest BCUT2D eigenvalue weighted by Gasteiger charge is 2.22. The largest absolute Gasteiger partial charge is 0.363 e. The van der Waals surface area contributed by atoms with Crippen molar-refractivity contribution in [1.29, 1.82) is 0 Å². The van der Waals surface area contributed by atoms with Crippen molar-refractivity contribution in [2.45, 2.75) is 25.7 Å². The molecule has 0 spiro atoms. The molecule has 0 atom stereocenters. The zero-order valence-electron chi connectivity index (χ0n) is 16.4. The van der Waals surface area contributed by atoms with Crippen molar-refractivity contribution in [1.82, 2.24) is 20.2 Å². The number of aromatic nitrogens is 4. The van der Waals surface area contributed by atoms with Crippen LogP contribution in [0.15, 0.2) is 35.2 Å². The van der Waals surface area contributed by atoms with Gasteiger partial charge in [-0.3, -0.25) is 9.82 Å². The summed E-state index contributed by atoms with van der Waals surface area (Å²) in [6.07, 6.45) is 0. The van der Waals surface area contributed by atoms with E-state index < -0.39 is 10.0 Å². The van der Waals surface area contributed by atoms with Gasteiger partial charge in [-0.2, -0.15) is 5.10 Å². The van der Waals surface area contributed by atoms with Crippen LogP contribution in [0.25, 0.3) is 0 Å². The maximum Gasteiger partial charge on any atom is 0.265 e. The summed E-state index contributed by atoms with van der Waals surface area (Å²) in [5, 5.41) is 9.84. The van der Waals surface area contributed by atoms with Gasteiger partial charge >= 0.3 is 0 Å². The highest BCUT2D eigenvalue weighted by Crippen LogP contribution is 2.23. The summed E-state index contributed by atoms with van der Waals surface area (Å²) < 4.78 is 27.8. The average Bonchev–Trinajstić information content (AvgIpc) is 2.95. The van der Waals surface area contributed by atoms with Crippen molar-refractivity contribution in [2.75, 3.05) is 29.0 Å². The Morgan fingerprint density at radius 3 is 2.21 bits per heavy atom. The molecule has 0 aliphatic heterocycles. The molecule has 0 unspecified atom stereocenters. The van der Waals surface area contributed by atoms with Crippen LogP contribution in [0.5, 0.6) is 0 Å². The first-order valence-electron chi connectivity index (χ1n) is 8.60. The summed E-state index contributed by atoms with van der Waals surface area (Å²) in [6.45, 7) is 5.15. The Labute approximate surface area is 164 Å². The molecule has 148 valence electrons. The molecular weight excluding hydrogens is 378 g/mol. The Kier molecular flexibility index (Phi) is 5.23. The Morgan fingerprint density at radius 2 is 1.64 bits per heavy atom. The minimum Gasteiger partial charge on any atom is -0.363 e. The van der Waals surface area contributed by atoms with Crippen LogP contribution in [-0.4, -0.2) is 42.7 Å². The van der Waals surface area contributed by atoms with Crippen LogP contribution >= 0.6 is 0 Å². The third-order valence-corrected chi connectivity index (χ3v) is 5.66. The van der Waals surface area contributed by atoms with Crippen LogP contribution in [0.1, 0.15) is 17.2 Å². The Bertz CT molecular complexity index is 1070. The van der Waals surface area contributed by atoms with Gasteiger partial charge in [0.05, 0.1) is 11.4 Å². The first-order valence-corrected chi connectivity index (χ1v) is 10.1. The summed E-state index contributed by atoms with van der Waals surface area (Å²) in [5.74, 6) is 2.11. The van der Waals surface area contributed by atoms with Gasteiger partial charge in [-0.1, -0.05) is 0 Å². The number of hydrogen-bond acceptors (Lipinski definition) is 7. The number of aryl methyl sites for hydroxylation is 3. The van der Waals surface area contributed by atoms with E-state index in [4.69, 9.17) is 0 Å². The number of anilines is 4. The van der Waals surface area contributed by atoms with E-state index in [2.05, 4.69) is 30.2 Å². The van der Waals surface area contributed by atoms with Gasteiger partial charge < -0.3 is 10.2 Å². The molecule has 9 nitrogen and oxygen atoms in total. The second kappa shape index (κ2) is 7.47. The van der Waals surface area contributed by atoms with Crippen molar-refractivity contribution in [2.24, 2.45) is 0 Å². The molecule has 0 amide bonds.